The van der Waals surface area contributed by atoms with Crippen molar-refractivity contribution in [2.45, 2.75) is 64.9 Å². The first-order valence-electron chi connectivity index (χ1n) is 9.20. The molecule has 4 aliphatic carbocycles. The first kappa shape index (κ1) is 14.6. The normalized spacial score (nSPS) is 55.9. The minimum absolute atomic E-state index is 0.305. The monoisotopic (exact) mass is 299 g/mol. The van der Waals surface area contributed by atoms with E-state index in [1.54, 1.807) is 6.26 Å². The van der Waals surface area contributed by atoms with Crippen molar-refractivity contribution in [2.24, 2.45) is 40.4 Å². The second kappa shape index (κ2) is 4.76. The van der Waals surface area contributed by atoms with E-state index >= 15 is 0 Å². The number of hydrogen-bond acceptors (Lipinski definition) is 2. The molecule has 4 aliphatic rings. The van der Waals surface area contributed by atoms with E-state index < -0.39 is 0 Å². The lowest BCUT2D eigenvalue weighted by Gasteiger charge is -2.65. The molecule has 4 fully saturated rings. The average Bonchev–Trinajstić information content (AvgIpc) is 2.82. The van der Waals surface area contributed by atoms with Crippen molar-refractivity contribution in [3.05, 3.63) is 12.8 Å². The summed E-state index contributed by atoms with van der Waals surface area (Å²) in [6.45, 7) is 8.69. The van der Waals surface area contributed by atoms with Crippen LogP contribution in [0.5, 0.6) is 0 Å². The molecule has 8 atom stereocenters. The van der Waals surface area contributed by atoms with Gasteiger partial charge in [0, 0.05) is 5.92 Å². The van der Waals surface area contributed by atoms with Gasteiger partial charge in [-0.15, -0.1) is 0 Å². The van der Waals surface area contributed by atoms with Gasteiger partial charge in [-0.05, 0) is 73.5 Å². The number of ether oxygens (including phenoxy) is 1. The van der Waals surface area contributed by atoms with Gasteiger partial charge in [-0.1, -0.05) is 20.4 Å². The van der Waals surface area contributed by atoms with Crippen LogP contribution >= 0.6 is 0 Å². The van der Waals surface area contributed by atoms with Gasteiger partial charge < -0.3 is 4.74 Å². The Balaban J connectivity index is 1.58. The summed E-state index contributed by atoms with van der Waals surface area (Å²) in [6.07, 6.45) is 11.0. The van der Waals surface area contributed by atoms with Gasteiger partial charge in [0.05, 0.1) is 18.2 Å². The zero-order valence-corrected chi connectivity index (χ0v) is 14.1. The lowest BCUT2D eigenvalue weighted by atomic mass is 9.41. The zero-order chi connectivity index (χ0) is 15.5. The van der Waals surface area contributed by atoms with Gasteiger partial charge >= 0.3 is 0 Å². The minimum Gasteiger partial charge on any atom is -0.498 e. The summed E-state index contributed by atoms with van der Waals surface area (Å²) < 4.78 is 5.75. The van der Waals surface area contributed by atoms with Crippen LogP contribution in [0.25, 0.3) is 0 Å². The highest BCUT2D eigenvalue weighted by molar-refractivity contribution is 5.15. The molecule has 120 valence electrons. The minimum atomic E-state index is 0.305. The van der Waals surface area contributed by atoms with Crippen LogP contribution in [-0.2, 0) is 4.74 Å². The predicted molar refractivity (Wildman–Crippen MR) is 86.7 cm³/mol. The molecule has 0 aromatic heterocycles. The first-order chi connectivity index (χ1) is 10.5. The fourth-order valence-electron chi connectivity index (χ4n) is 7.29. The van der Waals surface area contributed by atoms with E-state index in [0.717, 1.165) is 30.1 Å². The van der Waals surface area contributed by atoms with Crippen molar-refractivity contribution in [1.82, 2.24) is 0 Å². The van der Waals surface area contributed by atoms with Crippen LogP contribution in [0.15, 0.2) is 12.8 Å². The summed E-state index contributed by atoms with van der Waals surface area (Å²) in [5, 5.41) is 9.54. The van der Waals surface area contributed by atoms with E-state index in [9.17, 15) is 5.26 Å². The summed E-state index contributed by atoms with van der Waals surface area (Å²) in [5.74, 6) is 3.58. The van der Waals surface area contributed by atoms with Crippen molar-refractivity contribution in [1.29, 1.82) is 5.26 Å². The van der Waals surface area contributed by atoms with Gasteiger partial charge in [-0.25, -0.2) is 0 Å². The van der Waals surface area contributed by atoms with E-state index in [2.05, 4.69) is 26.5 Å². The molecule has 2 heteroatoms. The highest BCUT2D eigenvalue weighted by Crippen LogP contribution is 2.69. The molecule has 0 heterocycles. The van der Waals surface area contributed by atoms with Crippen LogP contribution in [0.2, 0.25) is 0 Å². The molecule has 0 aliphatic heterocycles. The molecule has 0 radical (unpaired) electrons. The second-order valence-corrected chi connectivity index (χ2v) is 8.92. The maximum Gasteiger partial charge on any atom is 0.102 e. The van der Waals surface area contributed by atoms with E-state index in [1.165, 1.54) is 38.5 Å². The van der Waals surface area contributed by atoms with Gasteiger partial charge in [0.2, 0.25) is 0 Å². The Hall–Kier alpha value is -0.970. The number of fused-ring (bicyclic) bond motifs is 5. The van der Waals surface area contributed by atoms with Crippen LogP contribution in [0.1, 0.15) is 58.8 Å². The summed E-state index contributed by atoms with van der Waals surface area (Å²) in [6, 6.07) is 2.64. The molecule has 4 saturated carbocycles. The van der Waals surface area contributed by atoms with Crippen LogP contribution in [0.4, 0.5) is 0 Å². The first-order valence-corrected chi connectivity index (χ1v) is 9.20. The fraction of sp³-hybridized carbons (Fsp3) is 0.850. The highest BCUT2D eigenvalue weighted by Gasteiger charge is 2.64. The number of hydrogen-bond donors (Lipinski definition) is 0. The third-order valence-electron chi connectivity index (χ3n) is 8.46. The molecule has 0 aromatic rings. The third-order valence-corrected chi connectivity index (χ3v) is 8.46. The highest BCUT2D eigenvalue weighted by atomic mass is 16.5. The predicted octanol–water partition coefficient (Wildman–Crippen LogP) is 4.92. The van der Waals surface area contributed by atoms with Crippen molar-refractivity contribution in [3.63, 3.8) is 0 Å². The Labute approximate surface area is 134 Å². The summed E-state index contributed by atoms with van der Waals surface area (Å²) >= 11 is 0. The van der Waals surface area contributed by atoms with Crippen molar-refractivity contribution in [2.75, 3.05) is 0 Å². The average molecular weight is 299 g/mol. The fourth-order valence-corrected chi connectivity index (χ4v) is 7.29. The quantitative estimate of drug-likeness (QED) is 0.678. The molecule has 2 unspecified atom stereocenters. The van der Waals surface area contributed by atoms with Crippen molar-refractivity contribution >= 4 is 0 Å². The van der Waals surface area contributed by atoms with Crippen LogP contribution < -0.4 is 0 Å². The largest absolute Gasteiger partial charge is 0.498 e. The van der Waals surface area contributed by atoms with Gasteiger partial charge in [0.1, 0.15) is 6.10 Å². The van der Waals surface area contributed by atoms with Gasteiger partial charge in [0.25, 0.3) is 0 Å². The van der Waals surface area contributed by atoms with Crippen LogP contribution in [-0.4, -0.2) is 6.10 Å². The topological polar surface area (TPSA) is 33.0 Å². The van der Waals surface area contributed by atoms with Gasteiger partial charge in [-0.2, -0.15) is 5.26 Å². The standard InChI is InChI=1S/C20H29NO/c1-4-22-18-11-20(3)16-9-10-19(2)13(12-21)5-7-15(19)14(16)6-8-17(18)20/h4,13-18H,1,5-11H2,2-3H3/t13-,14+,15+,16+,17?,18?,19-,20-/m1/s1. The molecule has 0 aromatic carbocycles. The maximum absolute atomic E-state index is 9.54. The van der Waals surface area contributed by atoms with Crippen LogP contribution in [0, 0.1) is 51.8 Å². The second-order valence-electron chi connectivity index (χ2n) is 8.92. The molecule has 22 heavy (non-hydrogen) atoms. The molecule has 2 nitrogen and oxygen atoms in total. The number of nitrogens with zero attached hydrogens (tertiary/aromatic N) is 1. The SMILES string of the molecule is C=COC1C[C@@]2(C)C1CC[C@H]1[C@@H]3CC[C@H](C#N)[C@@]3(C)CC[C@@H]12. The molecular formula is C20H29NO. The van der Waals surface area contributed by atoms with Gasteiger partial charge in [-0.3, -0.25) is 0 Å². The third kappa shape index (κ3) is 1.66. The molecule has 0 bridgehead atoms. The van der Waals surface area contributed by atoms with Gasteiger partial charge in [0.15, 0.2) is 0 Å². The lowest BCUT2D eigenvalue weighted by Crippen LogP contribution is -2.61. The number of nitriles is 1. The molecule has 0 amide bonds. The van der Waals surface area contributed by atoms with E-state index in [4.69, 9.17) is 4.74 Å². The zero-order valence-electron chi connectivity index (χ0n) is 14.1. The molecule has 0 spiro atoms. The molecular weight excluding hydrogens is 270 g/mol. The Morgan fingerprint density at radius 3 is 2.50 bits per heavy atom. The number of rotatable bonds is 2. The van der Waals surface area contributed by atoms with Crippen molar-refractivity contribution < 1.29 is 4.74 Å². The van der Waals surface area contributed by atoms with Crippen LogP contribution in [0.3, 0.4) is 0 Å². The van der Waals surface area contributed by atoms with E-state index in [0.29, 0.717) is 22.9 Å². The molecule has 4 rings (SSSR count). The Morgan fingerprint density at radius 2 is 1.77 bits per heavy atom. The summed E-state index contributed by atoms with van der Waals surface area (Å²) in [4.78, 5) is 0. The Morgan fingerprint density at radius 1 is 1.05 bits per heavy atom. The van der Waals surface area contributed by atoms with E-state index in [-0.39, 0.29) is 0 Å². The lowest BCUT2D eigenvalue weighted by molar-refractivity contribution is -0.199. The Kier molecular flexibility index (Phi) is 3.16. The summed E-state index contributed by atoms with van der Waals surface area (Å²) in [5.41, 5.74) is 0.794. The summed E-state index contributed by atoms with van der Waals surface area (Å²) in [7, 11) is 0. The molecule has 0 saturated heterocycles. The molecule has 0 N–H and O–H groups in total. The van der Waals surface area contributed by atoms with E-state index in [1.807, 2.05) is 0 Å². The smallest absolute Gasteiger partial charge is 0.102 e. The Bertz CT molecular complexity index is 522. The maximum atomic E-state index is 9.54. The van der Waals surface area contributed by atoms with Crippen molar-refractivity contribution in [3.8, 4) is 6.07 Å².